The maximum Gasteiger partial charge on any atom is 0.112 e. The molecule has 158 valence electrons. The maximum atomic E-state index is 9.03. The zero-order valence-corrected chi connectivity index (χ0v) is 17.8. The molecule has 1 N–H and O–H groups in total. The lowest BCUT2D eigenvalue weighted by Gasteiger charge is -2.09. The van der Waals surface area contributed by atoms with Crippen molar-refractivity contribution in [1.29, 1.82) is 5.26 Å². The second-order valence-corrected chi connectivity index (χ2v) is 7.91. The van der Waals surface area contributed by atoms with E-state index >= 15 is 0 Å². The van der Waals surface area contributed by atoms with Crippen molar-refractivity contribution in [3.05, 3.63) is 90.0 Å². The molecule has 0 amide bonds. The lowest BCUT2D eigenvalue weighted by molar-refractivity contribution is 0.694. The average molecular weight is 430 g/mol. The molecule has 4 heterocycles. The molecule has 0 fully saturated rings. The van der Waals surface area contributed by atoms with Crippen molar-refractivity contribution in [3.8, 4) is 23.0 Å². The number of aromatic amines is 1. The first-order chi connectivity index (χ1) is 16.2. The molecule has 6 rings (SSSR count). The molecular formula is C25H18N8. The molecule has 0 aliphatic heterocycles. The van der Waals surface area contributed by atoms with E-state index in [-0.39, 0.29) is 0 Å². The van der Waals surface area contributed by atoms with Gasteiger partial charge in [-0.3, -0.25) is 14.8 Å². The molecule has 4 aromatic heterocycles. The summed E-state index contributed by atoms with van der Waals surface area (Å²) < 4.78 is 3.86. The Balaban J connectivity index is 1.42. The van der Waals surface area contributed by atoms with E-state index in [1.165, 1.54) is 0 Å². The van der Waals surface area contributed by atoms with Crippen molar-refractivity contribution in [2.75, 3.05) is 0 Å². The zero-order chi connectivity index (χ0) is 22.4. The Morgan fingerprint density at radius 3 is 2.76 bits per heavy atom. The molecule has 0 aliphatic carbocycles. The molecule has 8 heteroatoms. The van der Waals surface area contributed by atoms with Gasteiger partial charge in [-0.15, -0.1) is 0 Å². The summed E-state index contributed by atoms with van der Waals surface area (Å²) in [5.41, 5.74) is 8.19. The van der Waals surface area contributed by atoms with Gasteiger partial charge in [-0.25, -0.2) is 4.68 Å². The molecule has 0 saturated carbocycles. The maximum absolute atomic E-state index is 9.03. The van der Waals surface area contributed by atoms with Crippen molar-refractivity contribution in [1.82, 2.24) is 34.7 Å². The van der Waals surface area contributed by atoms with Crippen molar-refractivity contribution in [2.45, 2.75) is 13.5 Å². The largest absolute Gasteiger partial charge is 0.278 e. The van der Waals surface area contributed by atoms with Gasteiger partial charge < -0.3 is 0 Å². The molecule has 6 aromatic rings. The SMILES string of the molecule is Cc1nn(-c2ccc3cn[nH]c3c2)c2cc(-c3ccnn3Cc3ccc(C#N)cc3)cnc12. The molecule has 0 bridgehead atoms. The van der Waals surface area contributed by atoms with E-state index in [0.717, 1.165) is 50.1 Å². The third kappa shape index (κ3) is 3.23. The van der Waals surface area contributed by atoms with Crippen LogP contribution in [0.25, 0.3) is 38.9 Å². The molecule has 2 aromatic carbocycles. The lowest BCUT2D eigenvalue weighted by atomic mass is 10.1. The van der Waals surface area contributed by atoms with Gasteiger partial charge in [-0.1, -0.05) is 12.1 Å². The summed E-state index contributed by atoms with van der Waals surface area (Å²) in [5.74, 6) is 0. The number of hydrogen-bond donors (Lipinski definition) is 1. The lowest BCUT2D eigenvalue weighted by Crippen LogP contribution is -2.04. The smallest absolute Gasteiger partial charge is 0.112 e. The van der Waals surface area contributed by atoms with E-state index in [1.54, 1.807) is 12.4 Å². The standard InChI is InChI=1S/C25H18N8/c1-16-25-24(33(31-16)21-7-6-19-14-28-30-22(19)11-21)10-20(13-27-25)23-8-9-29-32(23)15-18-4-2-17(12-26)3-5-18/h2-11,13-14H,15H2,1H3,(H,28,30). The van der Waals surface area contributed by atoms with Crippen molar-refractivity contribution >= 4 is 21.9 Å². The van der Waals surface area contributed by atoms with Gasteiger partial charge in [0.05, 0.1) is 52.5 Å². The zero-order valence-electron chi connectivity index (χ0n) is 17.8. The number of aryl methyl sites for hydroxylation is 1. The van der Waals surface area contributed by atoms with Gasteiger partial charge in [-0.05, 0) is 55.0 Å². The van der Waals surface area contributed by atoms with E-state index < -0.39 is 0 Å². The molecule has 0 atom stereocenters. The van der Waals surface area contributed by atoms with Crippen LogP contribution >= 0.6 is 0 Å². The number of nitriles is 1. The third-order valence-electron chi connectivity index (χ3n) is 5.79. The van der Waals surface area contributed by atoms with Crippen LogP contribution in [0.5, 0.6) is 0 Å². The van der Waals surface area contributed by atoms with Crippen LogP contribution in [0.1, 0.15) is 16.8 Å². The first-order valence-electron chi connectivity index (χ1n) is 10.5. The van der Waals surface area contributed by atoms with E-state index in [2.05, 4.69) is 27.4 Å². The molecule has 33 heavy (non-hydrogen) atoms. The minimum atomic E-state index is 0.598. The third-order valence-corrected chi connectivity index (χ3v) is 5.79. The first-order valence-corrected chi connectivity index (χ1v) is 10.5. The number of H-pyrrole nitrogens is 1. The van der Waals surface area contributed by atoms with E-state index in [9.17, 15) is 0 Å². The molecule has 0 spiro atoms. The number of nitrogens with zero attached hydrogens (tertiary/aromatic N) is 7. The first kappa shape index (κ1) is 19.0. The number of aromatic nitrogens is 7. The number of hydrogen-bond acceptors (Lipinski definition) is 5. The van der Waals surface area contributed by atoms with Crippen molar-refractivity contribution < 1.29 is 0 Å². The minimum absolute atomic E-state index is 0.598. The fourth-order valence-electron chi connectivity index (χ4n) is 4.10. The summed E-state index contributed by atoms with van der Waals surface area (Å²) >= 11 is 0. The molecule has 0 unspecified atom stereocenters. The monoisotopic (exact) mass is 430 g/mol. The highest BCUT2D eigenvalue weighted by molar-refractivity contribution is 5.85. The summed E-state index contributed by atoms with van der Waals surface area (Å²) in [5, 5.41) is 26.5. The summed E-state index contributed by atoms with van der Waals surface area (Å²) in [6.45, 7) is 2.57. The van der Waals surface area contributed by atoms with Gasteiger partial charge in [0.25, 0.3) is 0 Å². The van der Waals surface area contributed by atoms with Gasteiger partial charge in [-0.2, -0.15) is 20.6 Å². The Morgan fingerprint density at radius 2 is 1.91 bits per heavy atom. The highest BCUT2D eigenvalue weighted by atomic mass is 15.3. The van der Waals surface area contributed by atoms with Crippen LogP contribution in [0.15, 0.2) is 73.2 Å². The van der Waals surface area contributed by atoms with E-state index in [0.29, 0.717) is 12.1 Å². The predicted molar refractivity (Wildman–Crippen MR) is 125 cm³/mol. The normalized spacial score (nSPS) is 11.3. The Hall–Kier alpha value is -4.77. The molecule has 0 saturated heterocycles. The summed E-state index contributed by atoms with van der Waals surface area (Å²) in [4.78, 5) is 4.73. The van der Waals surface area contributed by atoms with Crippen LogP contribution in [-0.4, -0.2) is 34.7 Å². The van der Waals surface area contributed by atoms with Crippen LogP contribution in [0, 0.1) is 18.3 Å². The molecular weight excluding hydrogens is 412 g/mol. The molecule has 0 radical (unpaired) electrons. The summed E-state index contributed by atoms with van der Waals surface area (Å²) in [7, 11) is 0. The summed E-state index contributed by atoms with van der Waals surface area (Å²) in [6, 6.07) is 19.9. The molecule has 8 nitrogen and oxygen atoms in total. The Morgan fingerprint density at radius 1 is 1.03 bits per heavy atom. The van der Waals surface area contributed by atoms with Crippen LogP contribution in [-0.2, 0) is 6.54 Å². The quantitative estimate of drug-likeness (QED) is 0.447. The van der Waals surface area contributed by atoms with E-state index in [4.69, 9.17) is 15.3 Å². The number of nitrogens with one attached hydrogen (secondary N) is 1. The van der Waals surface area contributed by atoms with Crippen LogP contribution in [0.4, 0.5) is 0 Å². The number of benzene rings is 2. The predicted octanol–water partition coefficient (Wildman–Crippen LogP) is 4.39. The highest BCUT2D eigenvalue weighted by Crippen LogP contribution is 2.27. The van der Waals surface area contributed by atoms with Crippen molar-refractivity contribution in [3.63, 3.8) is 0 Å². The fourth-order valence-corrected chi connectivity index (χ4v) is 4.10. The van der Waals surface area contributed by atoms with Crippen LogP contribution in [0.3, 0.4) is 0 Å². The Kier molecular flexibility index (Phi) is 4.27. The summed E-state index contributed by atoms with van der Waals surface area (Å²) in [6.07, 6.45) is 5.46. The van der Waals surface area contributed by atoms with Crippen LogP contribution in [0.2, 0.25) is 0 Å². The topological polar surface area (TPSA) is 101 Å². The Labute approximate surface area is 188 Å². The fraction of sp³-hybridized carbons (Fsp3) is 0.0800. The second kappa shape index (κ2) is 7.43. The van der Waals surface area contributed by atoms with Gasteiger partial charge in [0, 0.05) is 23.3 Å². The van der Waals surface area contributed by atoms with Crippen molar-refractivity contribution in [2.24, 2.45) is 0 Å². The Bertz CT molecular complexity index is 1660. The number of pyridine rings is 1. The number of rotatable bonds is 4. The average Bonchev–Trinajstić information content (AvgIpc) is 3.58. The van der Waals surface area contributed by atoms with Gasteiger partial charge >= 0.3 is 0 Å². The van der Waals surface area contributed by atoms with Gasteiger partial charge in [0.1, 0.15) is 5.52 Å². The highest BCUT2D eigenvalue weighted by Gasteiger charge is 2.14. The number of fused-ring (bicyclic) bond motifs is 2. The van der Waals surface area contributed by atoms with Crippen LogP contribution < -0.4 is 0 Å². The van der Waals surface area contributed by atoms with Gasteiger partial charge in [0.2, 0.25) is 0 Å². The molecule has 0 aliphatic rings. The second-order valence-electron chi connectivity index (χ2n) is 7.91. The van der Waals surface area contributed by atoms with Gasteiger partial charge in [0.15, 0.2) is 0 Å². The van der Waals surface area contributed by atoms with E-state index in [1.807, 2.05) is 71.0 Å². The minimum Gasteiger partial charge on any atom is -0.278 e.